The molecule has 1 heterocycles. The van der Waals surface area contributed by atoms with Gasteiger partial charge in [0.1, 0.15) is 0 Å². The Labute approximate surface area is 124 Å². The molecule has 0 saturated heterocycles. The first kappa shape index (κ1) is 13.6. The zero-order chi connectivity index (χ0) is 14.8. The summed E-state index contributed by atoms with van der Waals surface area (Å²) < 4.78 is 28.5. The summed E-state index contributed by atoms with van der Waals surface area (Å²) in [6.07, 6.45) is 0. The summed E-state index contributed by atoms with van der Waals surface area (Å²) in [5.74, 6) is -1.08. The van der Waals surface area contributed by atoms with Crippen molar-refractivity contribution in [1.82, 2.24) is 14.8 Å². The number of hydrogen-bond donors (Lipinski definition) is 1. The minimum atomic E-state index is -0.872. The lowest BCUT2D eigenvalue weighted by Gasteiger charge is -2.07. The SMILES string of the molecule is Fc1ccc(Cn2c(-c3ccccc3)n[nH]c2=S)cc1F. The van der Waals surface area contributed by atoms with Crippen molar-refractivity contribution in [2.75, 3.05) is 0 Å². The van der Waals surface area contributed by atoms with Crippen molar-refractivity contribution in [3.63, 3.8) is 0 Å². The lowest BCUT2D eigenvalue weighted by atomic mass is 10.2. The molecule has 0 spiro atoms. The quantitative estimate of drug-likeness (QED) is 0.744. The predicted molar refractivity (Wildman–Crippen MR) is 78.3 cm³/mol. The number of rotatable bonds is 3. The van der Waals surface area contributed by atoms with E-state index in [1.807, 2.05) is 30.3 Å². The second kappa shape index (κ2) is 5.57. The van der Waals surface area contributed by atoms with Gasteiger partial charge in [0, 0.05) is 5.56 Å². The van der Waals surface area contributed by atoms with Gasteiger partial charge >= 0.3 is 0 Å². The molecule has 1 N–H and O–H groups in total. The Hall–Kier alpha value is -2.34. The highest BCUT2D eigenvalue weighted by Gasteiger charge is 2.10. The van der Waals surface area contributed by atoms with E-state index in [1.54, 1.807) is 4.57 Å². The summed E-state index contributed by atoms with van der Waals surface area (Å²) in [6.45, 7) is 0.316. The van der Waals surface area contributed by atoms with Gasteiger partial charge in [-0.1, -0.05) is 36.4 Å². The molecule has 1 aromatic heterocycles. The van der Waals surface area contributed by atoms with E-state index >= 15 is 0 Å². The van der Waals surface area contributed by atoms with Gasteiger partial charge < -0.3 is 0 Å². The third-order valence-corrected chi connectivity index (χ3v) is 3.43. The second-order valence-corrected chi connectivity index (χ2v) is 4.94. The maximum Gasteiger partial charge on any atom is 0.195 e. The molecule has 3 nitrogen and oxygen atoms in total. The van der Waals surface area contributed by atoms with E-state index in [1.165, 1.54) is 12.1 Å². The third-order valence-electron chi connectivity index (χ3n) is 3.11. The zero-order valence-corrected chi connectivity index (χ0v) is 11.7. The van der Waals surface area contributed by atoms with Gasteiger partial charge in [-0.3, -0.25) is 9.67 Å². The molecule has 0 saturated carbocycles. The Morgan fingerprint density at radius 2 is 1.81 bits per heavy atom. The average molecular weight is 303 g/mol. The lowest BCUT2D eigenvalue weighted by molar-refractivity contribution is 0.506. The fraction of sp³-hybridized carbons (Fsp3) is 0.0667. The molecule has 0 unspecified atom stereocenters. The Kier molecular flexibility index (Phi) is 3.62. The summed E-state index contributed by atoms with van der Waals surface area (Å²) in [5, 5.41) is 6.93. The standard InChI is InChI=1S/C15H11F2N3S/c16-12-7-6-10(8-13(12)17)9-20-14(18-19-15(20)21)11-4-2-1-3-5-11/h1-8H,9H2,(H,19,21). The third kappa shape index (κ3) is 2.75. The topological polar surface area (TPSA) is 33.6 Å². The molecular formula is C15H11F2N3S. The summed E-state index contributed by atoms with van der Waals surface area (Å²) in [5.41, 5.74) is 1.51. The largest absolute Gasteiger partial charge is 0.296 e. The molecule has 0 radical (unpaired) electrons. The molecule has 0 fully saturated rings. The van der Waals surface area contributed by atoms with Gasteiger partial charge in [-0.15, -0.1) is 0 Å². The Morgan fingerprint density at radius 3 is 2.52 bits per heavy atom. The van der Waals surface area contributed by atoms with E-state index in [0.717, 1.165) is 11.6 Å². The maximum absolute atomic E-state index is 13.3. The van der Waals surface area contributed by atoms with Gasteiger partial charge in [-0.25, -0.2) is 8.78 Å². The summed E-state index contributed by atoms with van der Waals surface area (Å²) in [7, 11) is 0. The van der Waals surface area contributed by atoms with E-state index < -0.39 is 11.6 Å². The first-order valence-corrected chi connectivity index (χ1v) is 6.70. The lowest BCUT2D eigenvalue weighted by Crippen LogP contribution is -2.03. The van der Waals surface area contributed by atoms with Crippen molar-refractivity contribution in [2.24, 2.45) is 0 Å². The van der Waals surface area contributed by atoms with E-state index in [9.17, 15) is 8.78 Å². The van der Waals surface area contributed by atoms with E-state index in [2.05, 4.69) is 10.2 Å². The van der Waals surface area contributed by atoms with Crippen LogP contribution in [0.2, 0.25) is 0 Å². The molecule has 0 atom stereocenters. The molecule has 0 amide bonds. The van der Waals surface area contributed by atoms with Crippen molar-refractivity contribution < 1.29 is 8.78 Å². The highest BCUT2D eigenvalue weighted by Crippen LogP contribution is 2.18. The van der Waals surface area contributed by atoms with Crippen molar-refractivity contribution in [2.45, 2.75) is 6.54 Å². The Morgan fingerprint density at radius 1 is 1.05 bits per heavy atom. The number of aromatic amines is 1. The smallest absolute Gasteiger partial charge is 0.195 e. The molecule has 21 heavy (non-hydrogen) atoms. The molecule has 3 aromatic rings. The second-order valence-electron chi connectivity index (χ2n) is 4.55. The molecule has 0 aliphatic carbocycles. The molecule has 3 rings (SSSR count). The van der Waals surface area contributed by atoms with Gasteiger partial charge in [0.05, 0.1) is 6.54 Å². The van der Waals surface area contributed by atoms with Crippen LogP contribution in [-0.2, 0) is 6.54 Å². The van der Waals surface area contributed by atoms with Crippen LogP contribution in [0.3, 0.4) is 0 Å². The van der Waals surface area contributed by atoms with Crippen LogP contribution in [0.5, 0.6) is 0 Å². The Bertz CT molecular complexity index is 824. The van der Waals surface area contributed by atoms with E-state index in [-0.39, 0.29) is 0 Å². The van der Waals surface area contributed by atoms with Crippen LogP contribution in [0.4, 0.5) is 8.78 Å². The van der Waals surface area contributed by atoms with Crippen LogP contribution in [0.15, 0.2) is 48.5 Å². The molecule has 0 bridgehead atoms. The number of nitrogens with zero attached hydrogens (tertiary/aromatic N) is 2. The number of aromatic nitrogens is 3. The minimum absolute atomic E-state index is 0.316. The van der Waals surface area contributed by atoms with Crippen molar-refractivity contribution in [3.8, 4) is 11.4 Å². The first-order valence-electron chi connectivity index (χ1n) is 6.30. The molecule has 2 aromatic carbocycles. The van der Waals surface area contributed by atoms with Gasteiger partial charge in [-0.2, -0.15) is 5.10 Å². The van der Waals surface area contributed by atoms with Crippen LogP contribution < -0.4 is 0 Å². The summed E-state index contributed by atoms with van der Waals surface area (Å²) in [4.78, 5) is 0. The van der Waals surface area contributed by atoms with E-state index in [0.29, 0.717) is 22.7 Å². The van der Waals surface area contributed by atoms with Gasteiger partial charge in [0.25, 0.3) is 0 Å². The van der Waals surface area contributed by atoms with Crippen molar-refractivity contribution in [3.05, 3.63) is 70.5 Å². The van der Waals surface area contributed by atoms with Gasteiger partial charge in [0.15, 0.2) is 22.2 Å². The number of hydrogen-bond acceptors (Lipinski definition) is 2. The fourth-order valence-corrected chi connectivity index (χ4v) is 2.29. The Balaban J connectivity index is 2.01. The van der Waals surface area contributed by atoms with Crippen molar-refractivity contribution in [1.29, 1.82) is 0 Å². The van der Waals surface area contributed by atoms with Crippen molar-refractivity contribution >= 4 is 12.2 Å². The first-order chi connectivity index (χ1) is 10.1. The molecule has 6 heteroatoms. The molecule has 106 valence electrons. The average Bonchev–Trinajstić information content (AvgIpc) is 2.85. The highest BCUT2D eigenvalue weighted by molar-refractivity contribution is 7.71. The summed E-state index contributed by atoms with van der Waals surface area (Å²) >= 11 is 5.21. The van der Waals surface area contributed by atoms with Crippen LogP contribution in [0, 0.1) is 16.4 Å². The highest BCUT2D eigenvalue weighted by atomic mass is 32.1. The van der Waals surface area contributed by atoms with Crippen LogP contribution in [0.25, 0.3) is 11.4 Å². The normalized spacial score (nSPS) is 10.8. The van der Waals surface area contributed by atoms with Gasteiger partial charge in [-0.05, 0) is 29.9 Å². The van der Waals surface area contributed by atoms with Crippen LogP contribution in [-0.4, -0.2) is 14.8 Å². The monoisotopic (exact) mass is 303 g/mol. The predicted octanol–water partition coefficient (Wildman–Crippen LogP) is 3.93. The molecular weight excluding hydrogens is 292 g/mol. The maximum atomic E-state index is 13.3. The minimum Gasteiger partial charge on any atom is -0.296 e. The zero-order valence-electron chi connectivity index (χ0n) is 10.9. The molecule has 0 aliphatic rings. The number of nitrogens with one attached hydrogen (secondary N) is 1. The number of halogens is 2. The summed E-state index contributed by atoms with van der Waals surface area (Å²) in [6, 6.07) is 13.3. The van der Waals surface area contributed by atoms with E-state index in [4.69, 9.17) is 12.2 Å². The van der Waals surface area contributed by atoms with Crippen LogP contribution in [0.1, 0.15) is 5.56 Å². The number of H-pyrrole nitrogens is 1. The fourth-order valence-electron chi connectivity index (χ4n) is 2.09. The molecule has 0 aliphatic heterocycles. The van der Waals surface area contributed by atoms with Crippen LogP contribution >= 0.6 is 12.2 Å². The van der Waals surface area contributed by atoms with Gasteiger partial charge in [0.2, 0.25) is 0 Å². The number of benzene rings is 2.